The Hall–Kier alpha value is -2.87. The number of esters is 1. The van der Waals surface area contributed by atoms with Gasteiger partial charge in [-0.05, 0) is 49.1 Å². The fourth-order valence-corrected chi connectivity index (χ4v) is 4.95. The average molecular weight is 494 g/mol. The van der Waals surface area contributed by atoms with Gasteiger partial charge in [0.05, 0.1) is 23.6 Å². The Morgan fingerprint density at radius 2 is 1.91 bits per heavy atom. The maximum absolute atomic E-state index is 13.2. The van der Waals surface area contributed by atoms with Crippen LogP contribution in [0.1, 0.15) is 50.9 Å². The second kappa shape index (κ2) is 8.41. The highest BCUT2D eigenvalue weighted by Crippen LogP contribution is 2.49. The lowest BCUT2D eigenvalue weighted by molar-refractivity contribution is -0.143. The zero-order valence-corrected chi connectivity index (χ0v) is 19.8. The maximum Gasteiger partial charge on any atom is 0.416 e. The third-order valence-electron chi connectivity index (χ3n) is 6.25. The molecule has 0 amide bonds. The van der Waals surface area contributed by atoms with Crippen molar-refractivity contribution in [1.29, 1.82) is 0 Å². The number of methoxy groups -OCH3 is 1. The van der Waals surface area contributed by atoms with Gasteiger partial charge in [0.2, 0.25) is 0 Å². The normalized spacial score (nSPS) is 22.4. The van der Waals surface area contributed by atoms with Crippen LogP contribution in [0.5, 0.6) is 0 Å². The first-order valence-corrected chi connectivity index (χ1v) is 11.1. The molecule has 0 saturated carbocycles. The number of nitrogens with zero attached hydrogens (tertiary/aromatic N) is 1. The monoisotopic (exact) mass is 493 g/mol. The van der Waals surface area contributed by atoms with E-state index in [9.17, 15) is 22.8 Å². The number of ether oxygens (including phenoxy) is 1. The number of halogens is 4. The molecule has 5 nitrogen and oxygen atoms in total. The lowest BCUT2D eigenvalue weighted by Crippen LogP contribution is -2.39. The van der Waals surface area contributed by atoms with Crippen molar-refractivity contribution in [2.24, 2.45) is 16.3 Å². The number of carbonyl (C=O) groups excluding carboxylic acids is 2. The lowest BCUT2D eigenvalue weighted by atomic mass is 9.68. The van der Waals surface area contributed by atoms with Gasteiger partial charge in [-0.1, -0.05) is 25.4 Å². The molecule has 0 bridgehead atoms. The van der Waals surface area contributed by atoms with Crippen LogP contribution in [0, 0.1) is 11.3 Å². The van der Waals surface area contributed by atoms with Crippen molar-refractivity contribution in [3.05, 3.63) is 57.9 Å². The van der Waals surface area contributed by atoms with Crippen molar-refractivity contribution in [2.75, 3.05) is 7.11 Å². The Labute approximate surface area is 199 Å². The smallest absolute Gasteiger partial charge is 0.416 e. The number of ketones is 1. The number of hydrogen-bond donors (Lipinski definition) is 0. The van der Waals surface area contributed by atoms with Crippen molar-refractivity contribution in [2.45, 2.75) is 45.7 Å². The van der Waals surface area contributed by atoms with E-state index in [0.29, 0.717) is 23.4 Å². The van der Waals surface area contributed by atoms with Crippen molar-refractivity contribution < 1.29 is 31.9 Å². The number of benzene rings is 1. The van der Waals surface area contributed by atoms with Crippen LogP contribution in [0.3, 0.4) is 0 Å². The molecule has 4 rings (SSSR count). The summed E-state index contributed by atoms with van der Waals surface area (Å²) in [6.07, 6.45) is -3.73. The van der Waals surface area contributed by atoms with E-state index in [1.165, 1.54) is 13.2 Å². The van der Waals surface area contributed by atoms with Gasteiger partial charge in [0, 0.05) is 29.0 Å². The second-order valence-electron chi connectivity index (χ2n) is 9.43. The third kappa shape index (κ3) is 4.31. The van der Waals surface area contributed by atoms with E-state index in [4.69, 9.17) is 20.8 Å². The van der Waals surface area contributed by atoms with E-state index in [2.05, 4.69) is 4.99 Å². The molecule has 0 fully saturated rings. The van der Waals surface area contributed by atoms with Gasteiger partial charge in [0.25, 0.3) is 0 Å². The predicted octanol–water partition coefficient (Wildman–Crippen LogP) is 6.61. The first-order valence-electron chi connectivity index (χ1n) is 10.7. The van der Waals surface area contributed by atoms with Crippen molar-refractivity contribution in [3.63, 3.8) is 0 Å². The minimum absolute atomic E-state index is 0.0591. The minimum atomic E-state index is -4.55. The number of carbonyl (C=O) groups is 2. The van der Waals surface area contributed by atoms with Gasteiger partial charge in [0.15, 0.2) is 5.78 Å². The number of Topliss-reactive ketones (excluding diaryl/α,β-unsaturated/α-hetero) is 1. The molecule has 180 valence electrons. The predicted molar refractivity (Wildman–Crippen MR) is 121 cm³/mol. The van der Waals surface area contributed by atoms with Crippen molar-refractivity contribution in [1.82, 2.24) is 0 Å². The van der Waals surface area contributed by atoms with E-state index >= 15 is 0 Å². The van der Waals surface area contributed by atoms with Gasteiger partial charge < -0.3 is 9.15 Å². The first-order chi connectivity index (χ1) is 15.8. The Bertz CT molecular complexity index is 1240. The molecule has 2 unspecified atom stereocenters. The topological polar surface area (TPSA) is 68.9 Å². The molecule has 0 N–H and O–H groups in total. The van der Waals surface area contributed by atoms with E-state index in [1.54, 1.807) is 13.0 Å². The molecule has 2 heterocycles. The minimum Gasteiger partial charge on any atom is -0.468 e. The van der Waals surface area contributed by atoms with Crippen LogP contribution in [-0.4, -0.2) is 24.6 Å². The molecular formula is C25H23ClF3NO4. The molecule has 2 aromatic rings. The van der Waals surface area contributed by atoms with E-state index in [-0.39, 0.29) is 39.7 Å². The Morgan fingerprint density at radius 3 is 2.56 bits per heavy atom. The Morgan fingerprint density at radius 1 is 1.21 bits per heavy atom. The number of allylic oxidation sites excluding steroid dienone is 2. The zero-order valence-electron chi connectivity index (χ0n) is 19.0. The average Bonchev–Trinajstić information content (AvgIpc) is 3.20. The number of hydrogen-bond acceptors (Lipinski definition) is 5. The van der Waals surface area contributed by atoms with Gasteiger partial charge >= 0.3 is 12.1 Å². The summed E-state index contributed by atoms with van der Waals surface area (Å²) in [7, 11) is 1.25. The molecule has 9 heteroatoms. The maximum atomic E-state index is 13.2. The van der Waals surface area contributed by atoms with Crippen LogP contribution >= 0.6 is 11.6 Å². The lowest BCUT2D eigenvalue weighted by Gasteiger charge is -2.37. The fraction of sp³-hybridized carbons (Fsp3) is 0.400. The Balaban J connectivity index is 1.85. The molecule has 1 aromatic carbocycles. The number of furan rings is 1. The highest BCUT2D eigenvalue weighted by atomic mass is 35.5. The van der Waals surface area contributed by atoms with Crippen molar-refractivity contribution in [3.8, 4) is 11.3 Å². The summed E-state index contributed by atoms with van der Waals surface area (Å²) >= 11 is 6.18. The van der Waals surface area contributed by atoms with Crippen LogP contribution < -0.4 is 0 Å². The van der Waals surface area contributed by atoms with Crippen LogP contribution in [-0.2, 0) is 20.5 Å². The number of alkyl halides is 3. The molecule has 1 aliphatic heterocycles. The van der Waals surface area contributed by atoms with Gasteiger partial charge in [0.1, 0.15) is 17.4 Å². The molecule has 2 aliphatic rings. The van der Waals surface area contributed by atoms with Crippen LogP contribution in [0.15, 0.2) is 51.0 Å². The van der Waals surface area contributed by atoms with E-state index in [0.717, 1.165) is 18.2 Å². The molecule has 1 aromatic heterocycles. The molecule has 0 spiro atoms. The SMILES string of the molecule is COC(=O)C1C(C)=NC2=C(C(=O)CC(C)(C)C2)C1c1ccc(-c2cc(C(F)(F)F)ccc2Cl)o1. The summed E-state index contributed by atoms with van der Waals surface area (Å²) in [5.41, 5.74) is 0.366. The molecule has 2 atom stereocenters. The van der Waals surface area contributed by atoms with Gasteiger partial charge in [-0.3, -0.25) is 14.6 Å². The fourth-order valence-electron chi connectivity index (χ4n) is 4.74. The highest BCUT2D eigenvalue weighted by Gasteiger charge is 2.47. The highest BCUT2D eigenvalue weighted by molar-refractivity contribution is 6.33. The molecule has 1 aliphatic carbocycles. The van der Waals surface area contributed by atoms with Crippen LogP contribution in [0.25, 0.3) is 11.3 Å². The van der Waals surface area contributed by atoms with Gasteiger partial charge in [-0.25, -0.2) is 0 Å². The van der Waals surface area contributed by atoms with E-state index in [1.807, 2.05) is 13.8 Å². The zero-order chi connectivity index (χ0) is 25.0. The quantitative estimate of drug-likeness (QED) is 0.451. The summed E-state index contributed by atoms with van der Waals surface area (Å²) in [5, 5.41) is 0.0789. The third-order valence-corrected chi connectivity index (χ3v) is 6.58. The number of aliphatic imine (C=N–C) groups is 1. The standard InChI is InChI=1S/C25H23ClF3NO4/c1-12-20(23(32)33-4)22(21-16(30-12)10-24(2,3)11-17(21)31)19-8-7-18(34-19)14-9-13(25(27,28)29)5-6-15(14)26/h5-9,20,22H,10-11H2,1-4H3. The van der Waals surface area contributed by atoms with Gasteiger partial charge in [-0.15, -0.1) is 0 Å². The molecule has 0 radical (unpaired) electrons. The van der Waals surface area contributed by atoms with Gasteiger partial charge in [-0.2, -0.15) is 13.2 Å². The summed E-state index contributed by atoms with van der Waals surface area (Å²) in [5.74, 6) is -2.07. The van der Waals surface area contributed by atoms with Crippen LogP contribution in [0.2, 0.25) is 5.02 Å². The summed E-state index contributed by atoms with van der Waals surface area (Å²) in [6.45, 7) is 5.64. The molecule has 34 heavy (non-hydrogen) atoms. The summed E-state index contributed by atoms with van der Waals surface area (Å²) < 4.78 is 50.7. The van der Waals surface area contributed by atoms with Crippen LogP contribution in [0.4, 0.5) is 13.2 Å². The summed E-state index contributed by atoms with van der Waals surface area (Å²) in [6, 6.07) is 6.01. The van der Waals surface area contributed by atoms with E-state index < -0.39 is 29.5 Å². The summed E-state index contributed by atoms with van der Waals surface area (Å²) in [4.78, 5) is 30.5. The molecular weight excluding hydrogens is 471 g/mol. The first kappa shape index (κ1) is 24.3. The van der Waals surface area contributed by atoms with Crippen molar-refractivity contribution >= 4 is 29.1 Å². The number of rotatable bonds is 3. The largest absolute Gasteiger partial charge is 0.468 e. The Kier molecular flexibility index (Phi) is 6.00. The second-order valence-corrected chi connectivity index (χ2v) is 9.83. The molecule has 0 saturated heterocycles.